The first-order chi connectivity index (χ1) is 10.3. The fourth-order valence-corrected chi connectivity index (χ4v) is 4.45. The van der Waals surface area contributed by atoms with Gasteiger partial charge in [0.1, 0.15) is 5.69 Å². The molecule has 2 aliphatic rings. The van der Waals surface area contributed by atoms with Gasteiger partial charge in [-0.2, -0.15) is 11.3 Å². The van der Waals surface area contributed by atoms with Crippen molar-refractivity contribution in [3.8, 4) is 0 Å². The molecule has 2 amide bonds. The number of thiophene rings is 1. The second-order valence-electron chi connectivity index (χ2n) is 5.25. The lowest BCUT2D eigenvalue weighted by molar-refractivity contribution is -0.117. The minimum absolute atomic E-state index is 0.0217. The van der Waals surface area contributed by atoms with E-state index in [9.17, 15) is 9.59 Å². The molecule has 4 rings (SSSR count). The predicted octanol–water partition coefficient (Wildman–Crippen LogP) is 2.22. The van der Waals surface area contributed by atoms with E-state index in [1.54, 1.807) is 22.2 Å². The second-order valence-corrected chi connectivity index (χ2v) is 6.74. The van der Waals surface area contributed by atoms with Gasteiger partial charge in [0.05, 0.1) is 23.3 Å². The summed E-state index contributed by atoms with van der Waals surface area (Å²) in [5.41, 5.74) is 3.11. The zero-order valence-corrected chi connectivity index (χ0v) is 12.8. The Kier molecular flexibility index (Phi) is 3.04. The normalized spacial score (nSPS) is 24.7. The molecule has 0 N–H and O–H groups in total. The summed E-state index contributed by atoms with van der Waals surface area (Å²) in [6.45, 7) is 0.694. The van der Waals surface area contributed by atoms with Crippen molar-refractivity contribution < 1.29 is 9.59 Å². The van der Waals surface area contributed by atoms with E-state index >= 15 is 0 Å². The van der Waals surface area contributed by atoms with Gasteiger partial charge in [0, 0.05) is 23.7 Å². The maximum absolute atomic E-state index is 12.5. The maximum atomic E-state index is 12.5. The fourth-order valence-electron chi connectivity index (χ4n) is 3.29. The van der Waals surface area contributed by atoms with Gasteiger partial charge in [-0.1, -0.05) is 0 Å². The second kappa shape index (κ2) is 4.92. The average molecular weight is 319 g/mol. The third kappa shape index (κ3) is 1.99. The number of anilines is 1. The number of carbonyl (C=O) groups excluding carboxylic acids is 2. The highest BCUT2D eigenvalue weighted by atomic mass is 32.1. The molecule has 4 heterocycles. The van der Waals surface area contributed by atoms with E-state index in [4.69, 9.17) is 0 Å². The van der Waals surface area contributed by atoms with Gasteiger partial charge >= 0.3 is 0 Å². The van der Waals surface area contributed by atoms with E-state index in [0.29, 0.717) is 18.7 Å². The third-order valence-corrected chi connectivity index (χ3v) is 5.45. The summed E-state index contributed by atoms with van der Waals surface area (Å²) in [5.74, 6) is 0.0582. The van der Waals surface area contributed by atoms with Crippen LogP contribution in [-0.4, -0.2) is 40.3 Å². The molecule has 0 saturated carbocycles. The van der Waals surface area contributed by atoms with E-state index in [1.807, 2.05) is 26.6 Å². The van der Waals surface area contributed by atoms with Gasteiger partial charge in [0.25, 0.3) is 5.91 Å². The molecule has 2 aromatic rings. The predicted molar refractivity (Wildman–Crippen MR) is 81.8 cm³/mol. The Hall–Kier alpha value is -1.73. The summed E-state index contributed by atoms with van der Waals surface area (Å²) in [6.07, 6.45) is 1.25. The lowest BCUT2D eigenvalue weighted by atomic mass is 10.1. The van der Waals surface area contributed by atoms with Gasteiger partial charge in [-0.25, -0.2) is 4.98 Å². The number of thiazole rings is 1. The molecule has 2 fully saturated rings. The van der Waals surface area contributed by atoms with Crippen molar-refractivity contribution in [3.63, 3.8) is 0 Å². The SMILES string of the molecule is O=C(c1cscn1)N1CC[C@@H]2[C@@H]1CC(=O)N2c1ccsc1. The minimum Gasteiger partial charge on any atom is -0.332 e. The molecule has 0 aromatic carbocycles. The van der Waals surface area contributed by atoms with E-state index in [2.05, 4.69) is 4.98 Å². The molecule has 0 aliphatic carbocycles. The molecule has 0 radical (unpaired) electrons. The molecule has 2 saturated heterocycles. The Bertz CT molecular complexity index is 668. The molecule has 2 aromatic heterocycles. The van der Waals surface area contributed by atoms with Crippen LogP contribution < -0.4 is 4.90 Å². The van der Waals surface area contributed by atoms with Crippen molar-refractivity contribution in [1.82, 2.24) is 9.88 Å². The number of fused-ring (bicyclic) bond motifs is 1. The van der Waals surface area contributed by atoms with Crippen LogP contribution in [0.25, 0.3) is 0 Å². The summed E-state index contributed by atoms with van der Waals surface area (Å²) in [5, 5.41) is 5.73. The van der Waals surface area contributed by atoms with Crippen molar-refractivity contribution in [2.24, 2.45) is 0 Å². The highest BCUT2D eigenvalue weighted by molar-refractivity contribution is 7.08. The van der Waals surface area contributed by atoms with Crippen LogP contribution in [0.5, 0.6) is 0 Å². The first-order valence-corrected chi connectivity index (χ1v) is 8.67. The Morgan fingerprint density at radius 2 is 2.19 bits per heavy atom. The molecule has 21 heavy (non-hydrogen) atoms. The summed E-state index contributed by atoms with van der Waals surface area (Å²) in [6, 6.07) is 2.05. The smallest absolute Gasteiger partial charge is 0.273 e. The van der Waals surface area contributed by atoms with Crippen LogP contribution in [0.3, 0.4) is 0 Å². The molecule has 0 spiro atoms. The number of likely N-dealkylation sites (tertiary alicyclic amines) is 1. The van der Waals surface area contributed by atoms with E-state index in [1.165, 1.54) is 11.3 Å². The molecule has 2 aliphatic heterocycles. The largest absolute Gasteiger partial charge is 0.332 e. The number of rotatable bonds is 2. The molecular weight excluding hydrogens is 306 g/mol. The summed E-state index contributed by atoms with van der Waals surface area (Å²) in [4.78, 5) is 32.6. The topological polar surface area (TPSA) is 53.5 Å². The van der Waals surface area contributed by atoms with Crippen molar-refractivity contribution in [2.75, 3.05) is 11.4 Å². The van der Waals surface area contributed by atoms with Gasteiger partial charge in [-0.3, -0.25) is 9.59 Å². The number of aromatic nitrogens is 1. The lowest BCUT2D eigenvalue weighted by Crippen LogP contribution is -2.40. The first kappa shape index (κ1) is 13.0. The van der Waals surface area contributed by atoms with Gasteiger partial charge in [-0.15, -0.1) is 11.3 Å². The van der Waals surface area contributed by atoms with Gasteiger partial charge in [0.2, 0.25) is 5.91 Å². The fraction of sp³-hybridized carbons (Fsp3) is 0.357. The average Bonchev–Trinajstić information content (AvgIpc) is 3.23. The van der Waals surface area contributed by atoms with Crippen LogP contribution in [0.15, 0.2) is 27.7 Å². The molecular formula is C14H13N3O2S2. The highest BCUT2D eigenvalue weighted by Gasteiger charge is 2.49. The number of hydrogen-bond donors (Lipinski definition) is 0. The van der Waals surface area contributed by atoms with Crippen molar-refractivity contribution in [1.29, 1.82) is 0 Å². The number of carbonyl (C=O) groups is 2. The van der Waals surface area contributed by atoms with E-state index in [0.717, 1.165) is 12.1 Å². The monoisotopic (exact) mass is 319 g/mol. The molecule has 5 nitrogen and oxygen atoms in total. The zero-order chi connectivity index (χ0) is 14.4. The van der Waals surface area contributed by atoms with Crippen LogP contribution in [0.4, 0.5) is 5.69 Å². The van der Waals surface area contributed by atoms with Crippen LogP contribution in [0, 0.1) is 0 Å². The number of nitrogens with zero attached hydrogens (tertiary/aromatic N) is 3. The van der Waals surface area contributed by atoms with Crippen LogP contribution >= 0.6 is 22.7 Å². The Morgan fingerprint density at radius 1 is 1.29 bits per heavy atom. The van der Waals surface area contributed by atoms with Gasteiger partial charge in [0.15, 0.2) is 0 Å². The van der Waals surface area contributed by atoms with Crippen LogP contribution in [0.2, 0.25) is 0 Å². The standard InChI is InChI=1S/C14H13N3O2S2/c18-13-5-12-11(17(13)9-2-4-20-6-9)1-3-16(12)14(19)10-7-21-8-15-10/h2,4,6-8,11-12H,1,3,5H2/t11-,12+/m1/s1. The highest BCUT2D eigenvalue weighted by Crippen LogP contribution is 2.37. The molecule has 2 atom stereocenters. The molecule has 108 valence electrons. The van der Waals surface area contributed by atoms with Crippen molar-refractivity contribution >= 4 is 40.2 Å². The summed E-state index contributed by atoms with van der Waals surface area (Å²) in [7, 11) is 0. The molecule has 0 bridgehead atoms. The van der Waals surface area contributed by atoms with Crippen molar-refractivity contribution in [2.45, 2.75) is 24.9 Å². The first-order valence-electron chi connectivity index (χ1n) is 6.79. The van der Waals surface area contributed by atoms with E-state index in [-0.39, 0.29) is 23.9 Å². The molecule has 0 unspecified atom stereocenters. The Morgan fingerprint density at radius 3 is 2.90 bits per heavy atom. The minimum atomic E-state index is -0.0521. The molecule has 7 heteroatoms. The Labute approximate surface area is 129 Å². The quantitative estimate of drug-likeness (QED) is 0.853. The van der Waals surface area contributed by atoms with Crippen LogP contribution in [0.1, 0.15) is 23.3 Å². The van der Waals surface area contributed by atoms with Gasteiger partial charge < -0.3 is 9.80 Å². The van der Waals surface area contributed by atoms with Crippen molar-refractivity contribution in [3.05, 3.63) is 33.4 Å². The van der Waals surface area contributed by atoms with E-state index < -0.39 is 0 Å². The number of hydrogen-bond acceptors (Lipinski definition) is 5. The van der Waals surface area contributed by atoms with Gasteiger partial charge in [-0.05, 0) is 17.9 Å². The zero-order valence-electron chi connectivity index (χ0n) is 11.1. The third-order valence-electron chi connectivity index (χ3n) is 4.19. The maximum Gasteiger partial charge on any atom is 0.273 e. The van der Waals surface area contributed by atoms with Crippen LogP contribution in [-0.2, 0) is 4.79 Å². The summed E-state index contributed by atoms with van der Waals surface area (Å²) < 4.78 is 0. The Balaban J connectivity index is 1.61. The number of amides is 2. The summed E-state index contributed by atoms with van der Waals surface area (Å²) >= 11 is 3.00. The lowest BCUT2D eigenvalue weighted by Gasteiger charge is -2.24.